The summed E-state index contributed by atoms with van der Waals surface area (Å²) in [5.41, 5.74) is -0.723. The van der Waals surface area contributed by atoms with Gasteiger partial charge in [0.05, 0.1) is 0 Å². The molecule has 0 fully saturated rings. The summed E-state index contributed by atoms with van der Waals surface area (Å²) >= 11 is 5.07. The number of aromatic nitrogens is 2. The van der Waals surface area contributed by atoms with Crippen LogP contribution in [0.3, 0.4) is 0 Å². The van der Waals surface area contributed by atoms with Gasteiger partial charge < -0.3 is 5.11 Å². The van der Waals surface area contributed by atoms with Crippen LogP contribution in [-0.2, 0) is 13.1 Å². The highest BCUT2D eigenvalue weighted by Crippen LogP contribution is 2.14. The van der Waals surface area contributed by atoms with Crippen molar-refractivity contribution in [3.63, 3.8) is 0 Å². The summed E-state index contributed by atoms with van der Waals surface area (Å²) in [5, 5.41) is 9.80. The third-order valence-corrected chi connectivity index (χ3v) is 2.83. The van der Waals surface area contributed by atoms with Gasteiger partial charge in [-0.1, -0.05) is 0 Å². The van der Waals surface area contributed by atoms with Gasteiger partial charge in [-0.05, 0) is 33.0 Å². The number of carbonyl (C=O) groups excluding carboxylic acids is 1. The lowest BCUT2D eigenvalue weighted by Gasteiger charge is -2.13. The fourth-order valence-corrected chi connectivity index (χ4v) is 1.99. The third-order valence-electron chi connectivity index (χ3n) is 2.38. The number of Topliss-reactive ketones (excluding diaryl/α,β-unsaturated/α-hetero) is 1. The summed E-state index contributed by atoms with van der Waals surface area (Å²) < 4.78 is 2.91. The van der Waals surface area contributed by atoms with Crippen LogP contribution in [-0.4, -0.2) is 20.0 Å². The number of ketones is 1. The van der Waals surface area contributed by atoms with E-state index in [0.29, 0.717) is 13.1 Å². The van der Waals surface area contributed by atoms with E-state index < -0.39 is 11.3 Å². The van der Waals surface area contributed by atoms with Gasteiger partial charge in [-0.2, -0.15) is 0 Å². The van der Waals surface area contributed by atoms with Gasteiger partial charge in [0, 0.05) is 13.1 Å². The summed E-state index contributed by atoms with van der Waals surface area (Å²) in [7, 11) is 0. The molecule has 0 amide bonds. The van der Waals surface area contributed by atoms with E-state index in [1.807, 2.05) is 0 Å². The van der Waals surface area contributed by atoms with E-state index in [1.165, 1.54) is 16.1 Å². The number of nitrogens with zero attached hydrogens (tertiary/aromatic N) is 2. The molecule has 0 aliphatic rings. The van der Waals surface area contributed by atoms with E-state index in [9.17, 15) is 14.7 Å². The molecule has 0 atom stereocenters. The normalized spacial score (nSPS) is 10.4. The third kappa shape index (κ3) is 1.80. The highest BCUT2D eigenvalue weighted by atomic mass is 32.1. The number of carbonyl (C=O) groups is 1. The minimum absolute atomic E-state index is 0.197. The zero-order valence-corrected chi connectivity index (χ0v) is 10.3. The first-order chi connectivity index (χ1) is 7.45. The molecule has 0 aliphatic carbocycles. The number of hydrogen-bond acceptors (Lipinski definition) is 4. The largest absolute Gasteiger partial charge is 0.494 e. The molecular formula is C10H14N2O3S. The number of aromatic hydroxyl groups is 1. The molecule has 5 nitrogen and oxygen atoms in total. The van der Waals surface area contributed by atoms with Gasteiger partial charge in [0.2, 0.25) is 5.88 Å². The zero-order valence-electron chi connectivity index (χ0n) is 9.48. The molecule has 1 rings (SSSR count). The van der Waals surface area contributed by atoms with Gasteiger partial charge in [0.15, 0.2) is 10.6 Å². The van der Waals surface area contributed by atoms with E-state index in [4.69, 9.17) is 12.2 Å². The molecule has 1 heterocycles. The molecule has 0 aromatic carbocycles. The monoisotopic (exact) mass is 242 g/mol. The van der Waals surface area contributed by atoms with Crippen LogP contribution < -0.4 is 5.56 Å². The molecule has 16 heavy (non-hydrogen) atoms. The maximum atomic E-state index is 11.9. The smallest absolute Gasteiger partial charge is 0.269 e. The first-order valence-corrected chi connectivity index (χ1v) is 5.44. The van der Waals surface area contributed by atoms with Crippen LogP contribution in [0, 0.1) is 4.77 Å². The molecule has 1 aromatic rings. The minimum atomic E-state index is -0.526. The SMILES string of the molecule is CCn1c(O)c(C(C)=O)c(=O)n(CC)c1=S. The van der Waals surface area contributed by atoms with Gasteiger partial charge in [-0.25, -0.2) is 0 Å². The molecule has 0 radical (unpaired) electrons. The van der Waals surface area contributed by atoms with E-state index in [0.717, 1.165) is 0 Å². The van der Waals surface area contributed by atoms with E-state index in [2.05, 4.69) is 0 Å². The van der Waals surface area contributed by atoms with Gasteiger partial charge in [0.1, 0.15) is 5.56 Å². The van der Waals surface area contributed by atoms with Crippen molar-refractivity contribution in [3.8, 4) is 5.88 Å². The van der Waals surface area contributed by atoms with Gasteiger partial charge in [0.25, 0.3) is 5.56 Å². The Morgan fingerprint density at radius 3 is 2.19 bits per heavy atom. The quantitative estimate of drug-likeness (QED) is 0.641. The first-order valence-electron chi connectivity index (χ1n) is 5.03. The molecule has 0 spiro atoms. The predicted octanol–water partition coefficient (Wildman–Crippen LogP) is 1.33. The molecule has 1 N–H and O–H groups in total. The number of hydrogen-bond donors (Lipinski definition) is 1. The second-order valence-corrected chi connectivity index (χ2v) is 3.70. The predicted molar refractivity (Wildman–Crippen MR) is 62.5 cm³/mol. The summed E-state index contributed by atoms with van der Waals surface area (Å²) in [6.45, 7) is 5.57. The Hall–Kier alpha value is -1.43. The Kier molecular flexibility index (Phi) is 3.64. The summed E-state index contributed by atoms with van der Waals surface area (Å²) in [5.74, 6) is -0.795. The van der Waals surface area contributed by atoms with Crippen molar-refractivity contribution in [2.75, 3.05) is 0 Å². The van der Waals surface area contributed by atoms with Crippen molar-refractivity contribution >= 4 is 18.0 Å². The summed E-state index contributed by atoms with van der Waals surface area (Å²) in [4.78, 5) is 23.2. The van der Waals surface area contributed by atoms with Crippen LogP contribution in [0.15, 0.2) is 4.79 Å². The van der Waals surface area contributed by atoms with Crippen molar-refractivity contribution < 1.29 is 9.90 Å². The van der Waals surface area contributed by atoms with Crippen molar-refractivity contribution in [1.29, 1.82) is 0 Å². The lowest BCUT2D eigenvalue weighted by Crippen LogP contribution is -2.29. The van der Waals surface area contributed by atoms with E-state index >= 15 is 0 Å². The maximum Gasteiger partial charge on any atom is 0.269 e. The average Bonchev–Trinajstić information content (AvgIpc) is 2.18. The molecule has 0 saturated heterocycles. The second kappa shape index (κ2) is 4.61. The molecule has 6 heteroatoms. The van der Waals surface area contributed by atoms with Crippen LogP contribution in [0.5, 0.6) is 5.88 Å². The first kappa shape index (κ1) is 12.6. The van der Waals surface area contributed by atoms with Crippen molar-refractivity contribution in [3.05, 3.63) is 20.7 Å². The summed E-state index contributed by atoms with van der Waals surface area (Å²) in [6.07, 6.45) is 0. The van der Waals surface area contributed by atoms with Gasteiger partial charge >= 0.3 is 0 Å². The van der Waals surface area contributed by atoms with Crippen molar-refractivity contribution in [1.82, 2.24) is 9.13 Å². The number of rotatable bonds is 3. The van der Waals surface area contributed by atoms with Crippen LogP contribution in [0.4, 0.5) is 0 Å². The van der Waals surface area contributed by atoms with Crippen molar-refractivity contribution in [2.45, 2.75) is 33.9 Å². The van der Waals surface area contributed by atoms with E-state index in [-0.39, 0.29) is 16.2 Å². The molecular weight excluding hydrogens is 228 g/mol. The molecule has 0 saturated carbocycles. The average molecular weight is 242 g/mol. The Balaban J connectivity index is 3.85. The van der Waals surface area contributed by atoms with Crippen LogP contribution in [0.2, 0.25) is 0 Å². The van der Waals surface area contributed by atoms with Crippen LogP contribution >= 0.6 is 12.2 Å². The second-order valence-electron chi connectivity index (χ2n) is 3.33. The minimum Gasteiger partial charge on any atom is -0.494 e. The van der Waals surface area contributed by atoms with Crippen LogP contribution in [0.1, 0.15) is 31.1 Å². The zero-order chi connectivity index (χ0) is 12.5. The Morgan fingerprint density at radius 1 is 1.31 bits per heavy atom. The summed E-state index contributed by atoms with van der Waals surface area (Å²) in [6, 6.07) is 0. The molecule has 0 aliphatic heterocycles. The topological polar surface area (TPSA) is 64.2 Å². The fraction of sp³-hybridized carbons (Fsp3) is 0.500. The molecule has 88 valence electrons. The Morgan fingerprint density at radius 2 is 1.81 bits per heavy atom. The molecule has 0 bridgehead atoms. The lowest BCUT2D eigenvalue weighted by molar-refractivity contribution is 0.101. The fourth-order valence-electron chi connectivity index (χ4n) is 1.56. The lowest BCUT2D eigenvalue weighted by atomic mass is 10.2. The maximum absolute atomic E-state index is 11.9. The van der Waals surface area contributed by atoms with Crippen LogP contribution in [0.25, 0.3) is 0 Å². The molecule has 1 aromatic heterocycles. The Labute approximate surface area is 98.0 Å². The highest BCUT2D eigenvalue weighted by Gasteiger charge is 2.18. The Bertz CT molecular complexity index is 542. The van der Waals surface area contributed by atoms with Gasteiger partial charge in [-0.15, -0.1) is 0 Å². The van der Waals surface area contributed by atoms with E-state index in [1.54, 1.807) is 13.8 Å². The highest BCUT2D eigenvalue weighted by molar-refractivity contribution is 7.71. The van der Waals surface area contributed by atoms with Gasteiger partial charge in [-0.3, -0.25) is 18.7 Å². The standard InChI is InChI=1S/C10H14N2O3S/c1-4-11-8(14)7(6(3)13)9(15)12(5-2)10(11)16/h14H,4-5H2,1-3H3. The van der Waals surface area contributed by atoms with Crippen molar-refractivity contribution in [2.24, 2.45) is 0 Å². The molecule has 0 unspecified atom stereocenters.